The van der Waals surface area contributed by atoms with Crippen LogP contribution < -0.4 is 5.73 Å². The molecular formula is C10H10ClN3S. The molecule has 0 fully saturated rings. The summed E-state index contributed by atoms with van der Waals surface area (Å²) in [6, 6.07) is 3.40. The van der Waals surface area contributed by atoms with E-state index in [1.807, 2.05) is 5.38 Å². The third kappa shape index (κ3) is 2.53. The van der Waals surface area contributed by atoms with E-state index in [-0.39, 0.29) is 6.04 Å². The van der Waals surface area contributed by atoms with Crippen molar-refractivity contribution in [3.8, 4) is 0 Å². The molecule has 0 bridgehead atoms. The van der Waals surface area contributed by atoms with Crippen LogP contribution in [0, 0.1) is 0 Å². The maximum atomic E-state index is 6.01. The number of rotatable bonds is 3. The molecule has 78 valence electrons. The molecule has 3 nitrogen and oxygen atoms in total. The Morgan fingerprint density at radius 1 is 1.40 bits per heavy atom. The van der Waals surface area contributed by atoms with Crippen LogP contribution in [-0.4, -0.2) is 9.97 Å². The van der Waals surface area contributed by atoms with Crippen molar-refractivity contribution in [1.29, 1.82) is 0 Å². The molecule has 0 aliphatic carbocycles. The van der Waals surface area contributed by atoms with E-state index in [2.05, 4.69) is 9.97 Å². The van der Waals surface area contributed by atoms with Crippen molar-refractivity contribution >= 4 is 22.9 Å². The van der Waals surface area contributed by atoms with Gasteiger partial charge in [-0.15, -0.1) is 11.3 Å². The molecule has 2 aromatic heterocycles. The van der Waals surface area contributed by atoms with E-state index >= 15 is 0 Å². The van der Waals surface area contributed by atoms with Gasteiger partial charge in [0.25, 0.3) is 0 Å². The Labute approximate surface area is 96.9 Å². The first-order valence-corrected chi connectivity index (χ1v) is 5.77. The quantitative estimate of drug-likeness (QED) is 0.895. The van der Waals surface area contributed by atoms with Crippen molar-refractivity contribution in [2.75, 3.05) is 0 Å². The van der Waals surface area contributed by atoms with Gasteiger partial charge in [0, 0.05) is 24.2 Å². The standard InChI is InChI=1S/C10H10ClN3S/c11-7-2-1-3-14-10(7)8(12)6-9-13-4-5-15-9/h1-5,8H,6,12H2. The Morgan fingerprint density at radius 3 is 2.93 bits per heavy atom. The zero-order valence-corrected chi connectivity index (χ0v) is 9.50. The van der Waals surface area contributed by atoms with Gasteiger partial charge in [-0.25, -0.2) is 4.98 Å². The van der Waals surface area contributed by atoms with E-state index in [4.69, 9.17) is 17.3 Å². The molecule has 2 N–H and O–H groups in total. The lowest BCUT2D eigenvalue weighted by Crippen LogP contribution is -2.15. The molecule has 2 heterocycles. The van der Waals surface area contributed by atoms with Crippen LogP contribution in [0.15, 0.2) is 29.9 Å². The molecule has 0 aliphatic rings. The van der Waals surface area contributed by atoms with Crippen LogP contribution in [0.5, 0.6) is 0 Å². The molecule has 0 saturated heterocycles. The predicted octanol–water partition coefficient (Wildman–Crippen LogP) is 2.43. The van der Waals surface area contributed by atoms with Crippen LogP contribution in [-0.2, 0) is 6.42 Å². The van der Waals surface area contributed by atoms with E-state index in [1.165, 1.54) is 0 Å². The highest BCUT2D eigenvalue weighted by atomic mass is 35.5. The zero-order chi connectivity index (χ0) is 10.7. The molecule has 5 heteroatoms. The second-order valence-corrected chi connectivity index (χ2v) is 4.49. The minimum atomic E-state index is -0.190. The summed E-state index contributed by atoms with van der Waals surface area (Å²) in [4.78, 5) is 8.36. The third-order valence-electron chi connectivity index (χ3n) is 2.02. The van der Waals surface area contributed by atoms with Crippen molar-refractivity contribution in [3.05, 3.63) is 45.6 Å². The van der Waals surface area contributed by atoms with E-state index in [1.54, 1.807) is 35.9 Å². The Kier molecular flexibility index (Phi) is 3.30. The van der Waals surface area contributed by atoms with Crippen LogP contribution in [0.2, 0.25) is 5.02 Å². The highest BCUT2D eigenvalue weighted by Gasteiger charge is 2.12. The second kappa shape index (κ2) is 4.70. The molecule has 15 heavy (non-hydrogen) atoms. The third-order valence-corrected chi connectivity index (χ3v) is 3.14. The maximum Gasteiger partial charge on any atom is 0.0944 e. The SMILES string of the molecule is NC(Cc1nccs1)c1ncccc1Cl. The first-order chi connectivity index (χ1) is 7.27. The number of hydrogen-bond donors (Lipinski definition) is 1. The molecule has 0 saturated carbocycles. The van der Waals surface area contributed by atoms with E-state index in [9.17, 15) is 0 Å². The van der Waals surface area contributed by atoms with Crippen molar-refractivity contribution < 1.29 is 0 Å². The highest BCUT2D eigenvalue weighted by Crippen LogP contribution is 2.22. The van der Waals surface area contributed by atoms with Gasteiger partial charge in [0.15, 0.2) is 0 Å². The maximum absolute atomic E-state index is 6.01. The highest BCUT2D eigenvalue weighted by molar-refractivity contribution is 7.09. The normalized spacial score (nSPS) is 12.7. The van der Waals surface area contributed by atoms with Gasteiger partial charge < -0.3 is 5.73 Å². The van der Waals surface area contributed by atoms with Crippen molar-refractivity contribution in [2.24, 2.45) is 5.73 Å². The average molecular weight is 240 g/mol. The zero-order valence-electron chi connectivity index (χ0n) is 7.93. The first-order valence-electron chi connectivity index (χ1n) is 4.51. The molecule has 2 rings (SSSR count). The summed E-state index contributed by atoms with van der Waals surface area (Å²) < 4.78 is 0. The van der Waals surface area contributed by atoms with Crippen molar-refractivity contribution in [2.45, 2.75) is 12.5 Å². The number of nitrogens with zero attached hydrogens (tertiary/aromatic N) is 2. The minimum absolute atomic E-state index is 0.190. The summed E-state index contributed by atoms with van der Waals surface area (Å²) in [5.41, 5.74) is 6.74. The Bertz CT molecular complexity index is 430. The fourth-order valence-corrected chi connectivity index (χ4v) is 2.25. The molecule has 2 aromatic rings. The molecular weight excluding hydrogens is 230 g/mol. The Hall–Kier alpha value is -0.970. The summed E-state index contributed by atoms with van der Waals surface area (Å²) >= 11 is 7.59. The monoisotopic (exact) mass is 239 g/mol. The number of hydrogen-bond acceptors (Lipinski definition) is 4. The summed E-state index contributed by atoms with van der Waals surface area (Å²) in [7, 11) is 0. The Balaban J connectivity index is 2.15. The van der Waals surface area contributed by atoms with Crippen LogP contribution in [0.3, 0.4) is 0 Å². The van der Waals surface area contributed by atoms with Crippen LogP contribution in [0.4, 0.5) is 0 Å². The number of nitrogens with two attached hydrogens (primary N) is 1. The number of thiazole rings is 1. The summed E-state index contributed by atoms with van der Waals surface area (Å²) in [5, 5.41) is 3.55. The summed E-state index contributed by atoms with van der Waals surface area (Å²) in [5.74, 6) is 0. The van der Waals surface area contributed by atoms with Crippen molar-refractivity contribution in [3.63, 3.8) is 0 Å². The number of pyridine rings is 1. The number of aromatic nitrogens is 2. The molecule has 1 unspecified atom stereocenters. The van der Waals surface area contributed by atoms with E-state index < -0.39 is 0 Å². The lowest BCUT2D eigenvalue weighted by Gasteiger charge is -2.10. The summed E-state index contributed by atoms with van der Waals surface area (Å²) in [6.45, 7) is 0. The lowest BCUT2D eigenvalue weighted by atomic mass is 10.1. The fraction of sp³-hybridized carbons (Fsp3) is 0.200. The van der Waals surface area contributed by atoms with Gasteiger partial charge >= 0.3 is 0 Å². The number of halogens is 1. The molecule has 0 aliphatic heterocycles. The van der Waals surface area contributed by atoms with Gasteiger partial charge in [0.2, 0.25) is 0 Å². The molecule has 0 radical (unpaired) electrons. The summed E-state index contributed by atoms with van der Waals surface area (Å²) in [6.07, 6.45) is 4.14. The van der Waals surface area contributed by atoms with Crippen LogP contribution in [0.1, 0.15) is 16.7 Å². The molecule has 0 amide bonds. The van der Waals surface area contributed by atoms with Gasteiger partial charge in [-0.1, -0.05) is 11.6 Å². The first kappa shape index (κ1) is 10.5. The van der Waals surface area contributed by atoms with E-state index in [0.29, 0.717) is 11.4 Å². The topological polar surface area (TPSA) is 51.8 Å². The van der Waals surface area contributed by atoms with Gasteiger partial charge in [-0.05, 0) is 12.1 Å². The minimum Gasteiger partial charge on any atom is -0.322 e. The van der Waals surface area contributed by atoms with Gasteiger partial charge in [-0.2, -0.15) is 0 Å². The van der Waals surface area contributed by atoms with Gasteiger partial charge in [-0.3, -0.25) is 4.98 Å². The fourth-order valence-electron chi connectivity index (χ4n) is 1.31. The molecule has 0 spiro atoms. The lowest BCUT2D eigenvalue weighted by molar-refractivity contribution is 0.693. The van der Waals surface area contributed by atoms with Crippen LogP contribution in [0.25, 0.3) is 0 Å². The Morgan fingerprint density at radius 2 is 2.27 bits per heavy atom. The largest absolute Gasteiger partial charge is 0.322 e. The van der Waals surface area contributed by atoms with Gasteiger partial charge in [0.05, 0.1) is 21.8 Å². The molecule has 1 atom stereocenters. The second-order valence-electron chi connectivity index (χ2n) is 3.11. The van der Waals surface area contributed by atoms with E-state index in [0.717, 1.165) is 10.7 Å². The van der Waals surface area contributed by atoms with Crippen molar-refractivity contribution in [1.82, 2.24) is 9.97 Å². The predicted molar refractivity (Wildman–Crippen MR) is 62.0 cm³/mol. The van der Waals surface area contributed by atoms with Gasteiger partial charge in [0.1, 0.15) is 0 Å². The average Bonchev–Trinajstić information content (AvgIpc) is 2.71. The van der Waals surface area contributed by atoms with Crippen LogP contribution >= 0.6 is 22.9 Å². The smallest absolute Gasteiger partial charge is 0.0944 e. The molecule has 0 aromatic carbocycles.